The summed E-state index contributed by atoms with van der Waals surface area (Å²) in [5, 5.41) is 7.00. The molecule has 0 saturated heterocycles. The fraction of sp³-hybridized carbons (Fsp3) is 0.167. The highest BCUT2D eigenvalue weighted by molar-refractivity contribution is 9.10. The monoisotopic (exact) mass is 385 g/mol. The summed E-state index contributed by atoms with van der Waals surface area (Å²) in [6.45, 7) is 1.97. The van der Waals surface area contributed by atoms with Gasteiger partial charge in [-0.3, -0.25) is 9.59 Å². The summed E-state index contributed by atoms with van der Waals surface area (Å²) >= 11 is 3.35. The fourth-order valence-corrected chi connectivity index (χ4v) is 2.80. The van der Waals surface area contributed by atoms with E-state index in [1.807, 2.05) is 43.3 Å². The van der Waals surface area contributed by atoms with Crippen LogP contribution in [0.4, 0.5) is 5.69 Å². The van der Waals surface area contributed by atoms with Crippen molar-refractivity contribution in [3.8, 4) is 0 Å². The quantitative estimate of drug-likeness (QED) is 0.847. The van der Waals surface area contributed by atoms with Crippen LogP contribution < -0.4 is 10.7 Å². The van der Waals surface area contributed by atoms with E-state index in [1.165, 1.54) is 0 Å². The summed E-state index contributed by atoms with van der Waals surface area (Å²) in [6.07, 6.45) is 0.431. The van der Waals surface area contributed by atoms with Crippen molar-refractivity contribution in [2.24, 2.45) is 11.0 Å². The number of hydrogen-bond donors (Lipinski definition) is 2. The smallest absolute Gasteiger partial charge is 0.255 e. The molecule has 6 heteroatoms. The second kappa shape index (κ2) is 6.97. The maximum atomic E-state index is 12.2. The fourth-order valence-electron chi connectivity index (χ4n) is 2.53. The molecule has 1 aliphatic heterocycles. The molecule has 2 N–H and O–H groups in total. The second-order valence-corrected chi connectivity index (χ2v) is 6.59. The van der Waals surface area contributed by atoms with Crippen LogP contribution in [0.2, 0.25) is 0 Å². The molecule has 0 fully saturated rings. The Morgan fingerprint density at radius 2 is 1.83 bits per heavy atom. The van der Waals surface area contributed by atoms with Gasteiger partial charge in [0.25, 0.3) is 5.91 Å². The molecule has 2 aromatic carbocycles. The SMILES string of the molecule is CC1CC(=O)NN=C1c1ccc(NC(=O)c2ccc(Br)cc2)cc1. The predicted octanol–water partition coefficient (Wildman–Crippen LogP) is 3.56. The number of benzene rings is 2. The third-order valence-corrected chi connectivity index (χ3v) is 4.33. The van der Waals surface area contributed by atoms with Crippen LogP contribution in [0.3, 0.4) is 0 Å². The first-order valence-corrected chi connectivity index (χ1v) is 8.36. The van der Waals surface area contributed by atoms with Crippen LogP contribution in [-0.4, -0.2) is 17.5 Å². The summed E-state index contributed by atoms with van der Waals surface area (Å²) in [4.78, 5) is 23.5. The zero-order chi connectivity index (χ0) is 17.1. The molecule has 0 saturated carbocycles. The van der Waals surface area contributed by atoms with Crippen molar-refractivity contribution in [2.45, 2.75) is 13.3 Å². The molecule has 1 unspecified atom stereocenters. The lowest BCUT2D eigenvalue weighted by molar-refractivity contribution is -0.121. The molecule has 5 nitrogen and oxygen atoms in total. The molecule has 0 spiro atoms. The first kappa shape index (κ1) is 16.4. The van der Waals surface area contributed by atoms with Gasteiger partial charge in [-0.15, -0.1) is 0 Å². The van der Waals surface area contributed by atoms with E-state index in [2.05, 4.69) is 31.8 Å². The van der Waals surface area contributed by atoms with E-state index >= 15 is 0 Å². The van der Waals surface area contributed by atoms with E-state index < -0.39 is 0 Å². The topological polar surface area (TPSA) is 70.6 Å². The summed E-state index contributed by atoms with van der Waals surface area (Å²) < 4.78 is 0.929. The minimum atomic E-state index is -0.161. The minimum absolute atomic E-state index is 0.0652. The van der Waals surface area contributed by atoms with Gasteiger partial charge in [0.2, 0.25) is 5.91 Å². The van der Waals surface area contributed by atoms with E-state index in [9.17, 15) is 9.59 Å². The lowest BCUT2D eigenvalue weighted by Crippen LogP contribution is -2.31. The third kappa shape index (κ3) is 3.71. The summed E-state index contributed by atoms with van der Waals surface area (Å²) in [6, 6.07) is 14.6. The Kier molecular flexibility index (Phi) is 4.76. The zero-order valence-electron chi connectivity index (χ0n) is 13.0. The number of anilines is 1. The Labute approximate surface area is 148 Å². The number of hydrogen-bond acceptors (Lipinski definition) is 3. The predicted molar refractivity (Wildman–Crippen MR) is 97.0 cm³/mol. The van der Waals surface area contributed by atoms with Crippen LogP contribution in [0, 0.1) is 5.92 Å². The van der Waals surface area contributed by atoms with E-state index in [-0.39, 0.29) is 17.7 Å². The van der Waals surface area contributed by atoms with Gasteiger partial charge in [0, 0.05) is 28.1 Å². The normalized spacial score (nSPS) is 17.0. The van der Waals surface area contributed by atoms with Gasteiger partial charge in [-0.1, -0.05) is 35.0 Å². The van der Waals surface area contributed by atoms with Crippen LogP contribution in [0.25, 0.3) is 0 Å². The van der Waals surface area contributed by atoms with Crippen LogP contribution in [0.15, 0.2) is 58.1 Å². The Balaban J connectivity index is 1.72. The van der Waals surface area contributed by atoms with Crippen molar-refractivity contribution >= 4 is 39.1 Å². The van der Waals surface area contributed by atoms with Gasteiger partial charge < -0.3 is 5.32 Å². The molecular weight excluding hydrogens is 370 g/mol. The van der Waals surface area contributed by atoms with Crippen LogP contribution >= 0.6 is 15.9 Å². The standard InChI is InChI=1S/C18H16BrN3O2/c1-11-10-16(23)21-22-17(11)12-4-8-15(9-5-12)20-18(24)13-2-6-14(19)7-3-13/h2-9,11H,10H2,1H3,(H,20,24)(H,21,23). The summed E-state index contributed by atoms with van der Waals surface area (Å²) in [7, 11) is 0. The average molecular weight is 386 g/mol. The Morgan fingerprint density at radius 3 is 2.46 bits per heavy atom. The van der Waals surface area contributed by atoms with Crippen LogP contribution in [-0.2, 0) is 4.79 Å². The molecule has 0 aromatic heterocycles. The number of nitrogens with zero attached hydrogens (tertiary/aromatic N) is 1. The van der Waals surface area contributed by atoms with Crippen molar-refractivity contribution in [3.05, 3.63) is 64.1 Å². The van der Waals surface area contributed by atoms with E-state index in [0.29, 0.717) is 17.7 Å². The van der Waals surface area contributed by atoms with Crippen molar-refractivity contribution in [1.29, 1.82) is 0 Å². The van der Waals surface area contributed by atoms with E-state index in [0.717, 1.165) is 15.7 Å². The van der Waals surface area contributed by atoms with Gasteiger partial charge in [-0.25, -0.2) is 5.43 Å². The van der Waals surface area contributed by atoms with E-state index in [4.69, 9.17) is 0 Å². The van der Waals surface area contributed by atoms with Gasteiger partial charge in [0.1, 0.15) is 0 Å². The highest BCUT2D eigenvalue weighted by Crippen LogP contribution is 2.19. The molecule has 0 radical (unpaired) electrons. The van der Waals surface area contributed by atoms with Crippen LogP contribution in [0.1, 0.15) is 29.3 Å². The number of carbonyl (C=O) groups excluding carboxylic acids is 2. The largest absolute Gasteiger partial charge is 0.322 e. The third-order valence-electron chi connectivity index (χ3n) is 3.80. The van der Waals surface area contributed by atoms with Crippen molar-refractivity contribution in [2.75, 3.05) is 5.32 Å². The highest BCUT2D eigenvalue weighted by Gasteiger charge is 2.21. The molecule has 0 aliphatic carbocycles. The number of hydrazone groups is 1. The second-order valence-electron chi connectivity index (χ2n) is 5.68. The number of halogens is 1. The highest BCUT2D eigenvalue weighted by atomic mass is 79.9. The van der Waals surface area contributed by atoms with Crippen LogP contribution in [0.5, 0.6) is 0 Å². The lowest BCUT2D eigenvalue weighted by atomic mass is 9.94. The van der Waals surface area contributed by atoms with Crippen molar-refractivity contribution < 1.29 is 9.59 Å². The minimum Gasteiger partial charge on any atom is -0.322 e. The van der Waals surface area contributed by atoms with Gasteiger partial charge in [-0.2, -0.15) is 5.10 Å². The van der Waals surface area contributed by atoms with E-state index in [1.54, 1.807) is 12.1 Å². The maximum Gasteiger partial charge on any atom is 0.255 e. The van der Waals surface area contributed by atoms with Crippen molar-refractivity contribution in [1.82, 2.24) is 5.43 Å². The zero-order valence-corrected chi connectivity index (χ0v) is 14.6. The molecule has 2 aromatic rings. The lowest BCUT2D eigenvalue weighted by Gasteiger charge is -2.19. The first-order valence-electron chi connectivity index (χ1n) is 7.57. The number of carbonyl (C=O) groups is 2. The van der Waals surface area contributed by atoms with Gasteiger partial charge >= 0.3 is 0 Å². The molecule has 0 bridgehead atoms. The Hall–Kier alpha value is -2.47. The molecule has 122 valence electrons. The molecule has 24 heavy (non-hydrogen) atoms. The maximum absolute atomic E-state index is 12.2. The number of rotatable bonds is 3. The number of amides is 2. The molecule has 1 atom stereocenters. The molecule has 1 aliphatic rings. The van der Waals surface area contributed by atoms with Gasteiger partial charge in [-0.05, 0) is 42.0 Å². The summed E-state index contributed by atoms with van der Waals surface area (Å²) in [5.41, 5.74) is 5.59. The molecular formula is C18H16BrN3O2. The van der Waals surface area contributed by atoms with Gasteiger partial charge in [0.05, 0.1) is 5.71 Å². The van der Waals surface area contributed by atoms with Gasteiger partial charge in [0.15, 0.2) is 0 Å². The Morgan fingerprint density at radius 1 is 1.17 bits per heavy atom. The average Bonchev–Trinajstić information content (AvgIpc) is 2.56. The molecule has 2 amide bonds. The molecule has 3 rings (SSSR count). The number of nitrogens with one attached hydrogen (secondary N) is 2. The Bertz CT molecular complexity index is 798. The first-order chi connectivity index (χ1) is 11.5. The summed E-state index contributed by atoms with van der Waals surface area (Å²) in [5.74, 6) is -0.155. The molecule has 1 heterocycles. The van der Waals surface area contributed by atoms with Crippen molar-refractivity contribution in [3.63, 3.8) is 0 Å².